The number of piperidine rings is 1. The van der Waals surface area contributed by atoms with E-state index < -0.39 is 0 Å². The number of fused-ring (bicyclic) bond motifs is 1. The van der Waals surface area contributed by atoms with Gasteiger partial charge in [0.1, 0.15) is 0 Å². The molecular weight excluding hydrogens is 232 g/mol. The van der Waals surface area contributed by atoms with E-state index in [2.05, 4.69) is 31.0 Å². The summed E-state index contributed by atoms with van der Waals surface area (Å²) < 4.78 is 0. The van der Waals surface area contributed by atoms with E-state index in [1.807, 2.05) is 0 Å². The van der Waals surface area contributed by atoms with Crippen LogP contribution < -0.4 is 5.32 Å². The van der Waals surface area contributed by atoms with E-state index >= 15 is 0 Å². The molecule has 19 heavy (non-hydrogen) atoms. The van der Waals surface area contributed by atoms with Crippen LogP contribution in [0, 0.1) is 17.8 Å². The normalized spacial score (nSPS) is 48.2. The fraction of sp³-hybridized carbons (Fsp3) is 1.00. The zero-order valence-corrected chi connectivity index (χ0v) is 13.1. The van der Waals surface area contributed by atoms with Crippen LogP contribution in [0.25, 0.3) is 0 Å². The van der Waals surface area contributed by atoms with Crippen LogP contribution in [0.5, 0.6) is 0 Å². The lowest BCUT2D eigenvalue weighted by Crippen LogP contribution is -2.50. The Morgan fingerprint density at radius 1 is 1.05 bits per heavy atom. The SMILES string of the molecule is CC1CC(C)C(C)N(CC2CC3CCCCC3N2)C1. The molecule has 0 amide bonds. The van der Waals surface area contributed by atoms with Gasteiger partial charge in [0, 0.05) is 31.2 Å². The second-order valence-corrected chi connectivity index (χ2v) is 7.76. The van der Waals surface area contributed by atoms with Gasteiger partial charge in [0.05, 0.1) is 0 Å². The molecule has 2 aliphatic heterocycles. The topological polar surface area (TPSA) is 15.3 Å². The summed E-state index contributed by atoms with van der Waals surface area (Å²) in [5.41, 5.74) is 0. The average molecular weight is 264 g/mol. The molecule has 2 heterocycles. The van der Waals surface area contributed by atoms with Crippen molar-refractivity contribution in [3.8, 4) is 0 Å². The Morgan fingerprint density at radius 2 is 1.84 bits per heavy atom. The summed E-state index contributed by atoms with van der Waals surface area (Å²) in [5, 5.41) is 3.95. The summed E-state index contributed by atoms with van der Waals surface area (Å²) in [4.78, 5) is 2.77. The first-order chi connectivity index (χ1) is 9.13. The van der Waals surface area contributed by atoms with Gasteiger partial charge in [0.25, 0.3) is 0 Å². The monoisotopic (exact) mass is 264 g/mol. The fourth-order valence-corrected chi connectivity index (χ4v) is 4.93. The Kier molecular flexibility index (Phi) is 4.19. The lowest BCUT2D eigenvalue weighted by Gasteiger charge is -2.42. The van der Waals surface area contributed by atoms with Crippen LogP contribution >= 0.6 is 0 Å². The Morgan fingerprint density at radius 3 is 2.63 bits per heavy atom. The third kappa shape index (κ3) is 3.00. The van der Waals surface area contributed by atoms with E-state index in [0.717, 1.165) is 35.9 Å². The van der Waals surface area contributed by atoms with Crippen LogP contribution in [0.15, 0.2) is 0 Å². The Labute approximate surface area is 119 Å². The van der Waals surface area contributed by atoms with Crippen LogP contribution in [-0.2, 0) is 0 Å². The van der Waals surface area contributed by atoms with E-state index in [0.29, 0.717) is 0 Å². The van der Waals surface area contributed by atoms with Gasteiger partial charge in [-0.2, -0.15) is 0 Å². The van der Waals surface area contributed by atoms with Crippen LogP contribution in [0.4, 0.5) is 0 Å². The van der Waals surface area contributed by atoms with E-state index in [9.17, 15) is 0 Å². The summed E-state index contributed by atoms with van der Waals surface area (Å²) in [6, 6.07) is 2.40. The highest BCUT2D eigenvalue weighted by Crippen LogP contribution is 2.34. The second-order valence-electron chi connectivity index (χ2n) is 7.76. The van der Waals surface area contributed by atoms with Crippen LogP contribution in [0.1, 0.15) is 59.3 Å². The minimum absolute atomic E-state index is 0.771. The quantitative estimate of drug-likeness (QED) is 0.823. The Bertz CT molecular complexity index is 290. The molecule has 0 spiro atoms. The van der Waals surface area contributed by atoms with Gasteiger partial charge in [0.15, 0.2) is 0 Å². The maximum atomic E-state index is 3.95. The molecule has 110 valence electrons. The van der Waals surface area contributed by atoms with Gasteiger partial charge in [-0.15, -0.1) is 0 Å². The highest BCUT2D eigenvalue weighted by Gasteiger charge is 2.37. The highest BCUT2D eigenvalue weighted by atomic mass is 15.2. The molecule has 6 atom stereocenters. The summed E-state index contributed by atoms with van der Waals surface area (Å²) in [6.07, 6.45) is 8.70. The van der Waals surface area contributed by atoms with Crippen molar-refractivity contribution in [1.29, 1.82) is 0 Å². The first-order valence-corrected chi connectivity index (χ1v) is 8.63. The Balaban J connectivity index is 1.56. The molecule has 3 fully saturated rings. The first-order valence-electron chi connectivity index (χ1n) is 8.63. The number of nitrogens with one attached hydrogen (secondary N) is 1. The largest absolute Gasteiger partial charge is 0.310 e. The van der Waals surface area contributed by atoms with Crippen molar-refractivity contribution in [3.63, 3.8) is 0 Å². The maximum Gasteiger partial charge on any atom is 0.0201 e. The molecule has 2 saturated heterocycles. The molecule has 3 aliphatic rings. The van der Waals surface area contributed by atoms with Crippen molar-refractivity contribution in [3.05, 3.63) is 0 Å². The summed E-state index contributed by atoms with van der Waals surface area (Å²) in [7, 11) is 0. The molecule has 0 aromatic heterocycles. The number of hydrogen-bond donors (Lipinski definition) is 1. The molecule has 0 aromatic rings. The Hall–Kier alpha value is -0.0800. The molecule has 0 bridgehead atoms. The van der Waals surface area contributed by atoms with Crippen molar-refractivity contribution < 1.29 is 0 Å². The van der Waals surface area contributed by atoms with Gasteiger partial charge >= 0.3 is 0 Å². The molecule has 2 nitrogen and oxygen atoms in total. The van der Waals surface area contributed by atoms with Crippen molar-refractivity contribution in [2.24, 2.45) is 17.8 Å². The summed E-state index contributed by atoms with van der Waals surface area (Å²) >= 11 is 0. The third-order valence-corrected chi connectivity index (χ3v) is 6.12. The minimum Gasteiger partial charge on any atom is -0.310 e. The molecule has 1 N–H and O–H groups in total. The number of nitrogens with zero attached hydrogens (tertiary/aromatic N) is 1. The summed E-state index contributed by atoms with van der Waals surface area (Å²) in [5.74, 6) is 2.75. The molecule has 2 heteroatoms. The van der Waals surface area contributed by atoms with Crippen molar-refractivity contribution in [2.45, 2.75) is 77.4 Å². The predicted octanol–water partition coefficient (Wildman–Crippen LogP) is 3.27. The maximum absolute atomic E-state index is 3.95. The second kappa shape index (κ2) is 5.73. The van der Waals surface area contributed by atoms with Gasteiger partial charge in [0.2, 0.25) is 0 Å². The van der Waals surface area contributed by atoms with E-state index in [1.54, 1.807) is 0 Å². The van der Waals surface area contributed by atoms with Crippen molar-refractivity contribution in [2.75, 3.05) is 13.1 Å². The van der Waals surface area contributed by atoms with Crippen LogP contribution in [0.2, 0.25) is 0 Å². The highest BCUT2D eigenvalue weighted by molar-refractivity contribution is 4.95. The zero-order chi connectivity index (χ0) is 13.4. The van der Waals surface area contributed by atoms with Crippen molar-refractivity contribution >= 4 is 0 Å². The number of likely N-dealkylation sites (tertiary alicyclic amines) is 1. The number of rotatable bonds is 2. The minimum atomic E-state index is 0.771. The van der Waals surface area contributed by atoms with Gasteiger partial charge in [-0.05, 0) is 50.4 Å². The van der Waals surface area contributed by atoms with Gasteiger partial charge in [-0.25, -0.2) is 0 Å². The molecule has 3 rings (SSSR count). The standard InChI is InChI=1S/C17H32N2/c1-12-8-13(2)14(3)19(10-12)11-16-9-15-6-4-5-7-17(15)18-16/h12-18H,4-11H2,1-3H3. The smallest absolute Gasteiger partial charge is 0.0201 e. The van der Waals surface area contributed by atoms with E-state index in [-0.39, 0.29) is 0 Å². The lowest BCUT2D eigenvalue weighted by atomic mass is 9.84. The number of hydrogen-bond acceptors (Lipinski definition) is 2. The van der Waals surface area contributed by atoms with Crippen molar-refractivity contribution in [1.82, 2.24) is 10.2 Å². The lowest BCUT2D eigenvalue weighted by molar-refractivity contribution is 0.0716. The molecule has 0 aromatic carbocycles. The summed E-state index contributed by atoms with van der Waals surface area (Å²) in [6.45, 7) is 9.92. The molecule has 6 unspecified atom stereocenters. The molecule has 1 saturated carbocycles. The van der Waals surface area contributed by atoms with Crippen LogP contribution in [0.3, 0.4) is 0 Å². The van der Waals surface area contributed by atoms with Crippen LogP contribution in [-0.4, -0.2) is 36.1 Å². The first kappa shape index (κ1) is 13.9. The van der Waals surface area contributed by atoms with Gasteiger partial charge in [-0.1, -0.05) is 26.7 Å². The molecular formula is C17H32N2. The van der Waals surface area contributed by atoms with Gasteiger partial charge < -0.3 is 5.32 Å². The van der Waals surface area contributed by atoms with Gasteiger partial charge in [-0.3, -0.25) is 4.90 Å². The van der Waals surface area contributed by atoms with E-state index in [4.69, 9.17) is 0 Å². The average Bonchev–Trinajstić information content (AvgIpc) is 2.77. The zero-order valence-electron chi connectivity index (χ0n) is 13.1. The van der Waals surface area contributed by atoms with E-state index in [1.165, 1.54) is 51.6 Å². The third-order valence-electron chi connectivity index (χ3n) is 6.12. The fourth-order valence-electron chi connectivity index (χ4n) is 4.93. The molecule has 0 radical (unpaired) electrons. The predicted molar refractivity (Wildman–Crippen MR) is 81.3 cm³/mol. The molecule has 1 aliphatic carbocycles.